The molecule has 94 valence electrons. The first kappa shape index (κ1) is 13.6. The molecule has 0 aliphatic rings. The van der Waals surface area contributed by atoms with E-state index in [4.69, 9.17) is 4.74 Å². The molecular weight excluding hydrogens is 214 g/mol. The van der Waals surface area contributed by atoms with E-state index in [1.54, 1.807) is 0 Å². The lowest BCUT2D eigenvalue weighted by molar-refractivity contribution is 0.161. The summed E-state index contributed by atoms with van der Waals surface area (Å²) >= 11 is 0. The Labute approximate surface area is 103 Å². The number of anilines is 1. The van der Waals surface area contributed by atoms with Gasteiger partial charge in [0, 0.05) is 5.69 Å². The van der Waals surface area contributed by atoms with E-state index < -0.39 is 6.09 Å². The molecular formula is C14H21NO2. The van der Waals surface area contributed by atoms with Crippen LogP contribution in [-0.2, 0) is 10.2 Å². The van der Waals surface area contributed by atoms with Gasteiger partial charge >= 0.3 is 6.09 Å². The van der Waals surface area contributed by atoms with E-state index in [-0.39, 0.29) is 5.41 Å². The predicted molar refractivity (Wildman–Crippen MR) is 70.4 cm³/mol. The standard InChI is InChI=1S/C14H21NO2/c1-5-10-17-13(16)15-12-8-6-11(7-9-12)14(2,3)4/h6-9H,5,10H2,1-4H3,(H,15,16). The number of ether oxygens (including phenoxy) is 1. The van der Waals surface area contributed by atoms with E-state index in [9.17, 15) is 4.79 Å². The summed E-state index contributed by atoms with van der Waals surface area (Å²) in [4.78, 5) is 11.3. The van der Waals surface area contributed by atoms with Gasteiger partial charge in [-0.1, -0.05) is 39.8 Å². The van der Waals surface area contributed by atoms with Gasteiger partial charge < -0.3 is 4.74 Å². The van der Waals surface area contributed by atoms with Crippen molar-refractivity contribution in [1.29, 1.82) is 0 Å². The monoisotopic (exact) mass is 235 g/mol. The molecule has 17 heavy (non-hydrogen) atoms. The van der Waals surface area contributed by atoms with Gasteiger partial charge in [0.15, 0.2) is 0 Å². The number of nitrogens with one attached hydrogen (secondary N) is 1. The van der Waals surface area contributed by atoms with Gasteiger partial charge in [0.05, 0.1) is 6.61 Å². The van der Waals surface area contributed by atoms with Gasteiger partial charge in [-0.15, -0.1) is 0 Å². The van der Waals surface area contributed by atoms with Crippen molar-refractivity contribution >= 4 is 11.8 Å². The molecule has 0 saturated carbocycles. The maximum absolute atomic E-state index is 11.3. The molecule has 0 atom stereocenters. The number of rotatable bonds is 3. The summed E-state index contributed by atoms with van der Waals surface area (Å²) < 4.78 is 4.94. The number of hydrogen-bond acceptors (Lipinski definition) is 2. The Hall–Kier alpha value is -1.51. The third kappa shape index (κ3) is 4.47. The topological polar surface area (TPSA) is 38.3 Å². The summed E-state index contributed by atoms with van der Waals surface area (Å²) in [6.07, 6.45) is 0.437. The molecule has 0 radical (unpaired) electrons. The zero-order chi connectivity index (χ0) is 12.9. The van der Waals surface area contributed by atoms with Gasteiger partial charge in [-0.25, -0.2) is 4.79 Å². The maximum Gasteiger partial charge on any atom is 0.411 e. The molecule has 0 spiro atoms. The van der Waals surface area contributed by atoms with Crippen LogP contribution in [-0.4, -0.2) is 12.7 Å². The van der Waals surface area contributed by atoms with Gasteiger partial charge in [-0.3, -0.25) is 5.32 Å². The van der Waals surface area contributed by atoms with E-state index in [0.717, 1.165) is 12.1 Å². The van der Waals surface area contributed by atoms with Crippen LogP contribution in [0.5, 0.6) is 0 Å². The smallest absolute Gasteiger partial charge is 0.411 e. The number of amides is 1. The molecule has 0 aliphatic heterocycles. The minimum atomic E-state index is -0.393. The number of hydrogen-bond donors (Lipinski definition) is 1. The van der Waals surface area contributed by atoms with Crippen LogP contribution in [0, 0.1) is 0 Å². The van der Waals surface area contributed by atoms with Crippen LogP contribution in [0.4, 0.5) is 10.5 Å². The Kier molecular flexibility index (Phi) is 4.55. The van der Waals surface area contributed by atoms with E-state index in [0.29, 0.717) is 6.61 Å². The van der Waals surface area contributed by atoms with Crippen LogP contribution >= 0.6 is 0 Å². The third-order valence-corrected chi connectivity index (χ3v) is 2.43. The highest BCUT2D eigenvalue weighted by Gasteiger charge is 2.13. The Bertz CT molecular complexity index is 363. The lowest BCUT2D eigenvalue weighted by Gasteiger charge is -2.19. The lowest BCUT2D eigenvalue weighted by Crippen LogP contribution is -2.15. The molecule has 0 unspecified atom stereocenters. The Morgan fingerprint density at radius 3 is 2.29 bits per heavy atom. The highest BCUT2D eigenvalue weighted by Crippen LogP contribution is 2.23. The summed E-state index contributed by atoms with van der Waals surface area (Å²) in [6, 6.07) is 7.84. The molecule has 1 amide bonds. The number of carbonyl (C=O) groups is 1. The van der Waals surface area contributed by atoms with Gasteiger partial charge in [-0.2, -0.15) is 0 Å². The molecule has 3 nitrogen and oxygen atoms in total. The van der Waals surface area contributed by atoms with Crippen molar-refractivity contribution in [3.63, 3.8) is 0 Å². The minimum Gasteiger partial charge on any atom is -0.449 e. The second-order valence-electron chi connectivity index (χ2n) is 5.09. The van der Waals surface area contributed by atoms with Crippen molar-refractivity contribution in [3.8, 4) is 0 Å². The van der Waals surface area contributed by atoms with Crippen molar-refractivity contribution in [2.75, 3.05) is 11.9 Å². The molecule has 3 heteroatoms. The molecule has 0 bridgehead atoms. The summed E-state index contributed by atoms with van der Waals surface area (Å²) in [6.45, 7) is 8.89. The predicted octanol–water partition coefficient (Wildman–Crippen LogP) is 3.94. The Morgan fingerprint density at radius 2 is 1.82 bits per heavy atom. The van der Waals surface area contributed by atoms with Crippen LogP contribution in [0.2, 0.25) is 0 Å². The van der Waals surface area contributed by atoms with Crippen molar-refractivity contribution in [2.45, 2.75) is 39.5 Å². The van der Waals surface area contributed by atoms with Crippen LogP contribution in [0.3, 0.4) is 0 Å². The van der Waals surface area contributed by atoms with Crippen LogP contribution in [0.25, 0.3) is 0 Å². The largest absolute Gasteiger partial charge is 0.449 e. The Balaban J connectivity index is 2.60. The fraction of sp³-hybridized carbons (Fsp3) is 0.500. The fourth-order valence-corrected chi connectivity index (χ4v) is 1.40. The lowest BCUT2D eigenvalue weighted by atomic mass is 9.87. The van der Waals surface area contributed by atoms with Crippen molar-refractivity contribution in [1.82, 2.24) is 0 Å². The fourth-order valence-electron chi connectivity index (χ4n) is 1.40. The highest BCUT2D eigenvalue weighted by atomic mass is 16.5. The second-order valence-corrected chi connectivity index (χ2v) is 5.09. The maximum atomic E-state index is 11.3. The van der Waals surface area contributed by atoms with E-state index >= 15 is 0 Å². The van der Waals surface area contributed by atoms with E-state index in [1.807, 2.05) is 31.2 Å². The molecule has 0 aromatic heterocycles. The van der Waals surface area contributed by atoms with Crippen molar-refractivity contribution in [2.24, 2.45) is 0 Å². The van der Waals surface area contributed by atoms with Crippen molar-refractivity contribution < 1.29 is 9.53 Å². The molecule has 1 N–H and O–H groups in total. The Morgan fingerprint density at radius 1 is 1.24 bits per heavy atom. The van der Waals surface area contributed by atoms with Crippen LogP contribution in [0.1, 0.15) is 39.7 Å². The van der Waals surface area contributed by atoms with Crippen LogP contribution in [0.15, 0.2) is 24.3 Å². The number of benzene rings is 1. The average molecular weight is 235 g/mol. The zero-order valence-corrected chi connectivity index (χ0v) is 11.0. The van der Waals surface area contributed by atoms with Crippen LogP contribution < -0.4 is 5.32 Å². The second kappa shape index (κ2) is 5.71. The van der Waals surface area contributed by atoms with Gasteiger partial charge in [0.2, 0.25) is 0 Å². The minimum absolute atomic E-state index is 0.126. The first-order chi connectivity index (χ1) is 7.93. The van der Waals surface area contributed by atoms with E-state index in [2.05, 4.69) is 26.1 Å². The average Bonchev–Trinajstić information content (AvgIpc) is 2.26. The zero-order valence-electron chi connectivity index (χ0n) is 11.0. The summed E-state index contributed by atoms with van der Waals surface area (Å²) in [5, 5.41) is 2.69. The molecule has 0 heterocycles. The molecule has 0 saturated heterocycles. The first-order valence-corrected chi connectivity index (χ1v) is 5.98. The molecule has 1 aromatic rings. The molecule has 1 rings (SSSR count). The van der Waals surface area contributed by atoms with E-state index in [1.165, 1.54) is 5.56 Å². The third-order valence-electron chi connectivity index (χ3n) is 2.43. The van der Waals surface area contributed by atoms with Gasteiger partial charge in [0.1, 0.15) is 0 Å². The normalized spacial score (nSPS) is 11.1. The SMILES string of the molecule is CCCOC(=O)Nc1ccc(C(C)(C)C)cc1. The summed E-state index contributed by atoms with van der Waals surface area (Å²) in [5.41, 5.74) is 2.13. The molecule has 0 aliphatic carbocycles. The summed E-state index contributed by atoms with van der Waals surface area (Å²) in [5.74, 6) is 0. The van der Waals surface area contributed by atoms with Crippen molar-refractivity contribution in [3.05, 3.63) is 29.8 Å². The number of carbonyl (C=O) groups excluding carboxylic acids is 1. The summed E-state index contributed by atoms with van der Waals surface area (Å²) in [7, 11) is 0. The molecule has 0 fully saturated rings. The quantitative estimate of drug-likeness (QED) is 0.861. The van der Waals surface area contributed by atoms with Gasteiger partial charge in [-0.05, 0) is 29.5 Å². The molecule has 1 aromatic carbocycles. The first-order valence-electron chi connectivity index (χ1n) is 5.98. The highest BCUT2D eigenvalue weighted by molar-refractivity contribution is 5.84. The van der Waals surface area contributed by atoms with Gasteiger partial charge in [0.25, 0.3) is 0 Å².